The van der Waals surface area contributed by atoms with Crippen molar-refractivity contribution >= 4 is 18.0 Å². The second-order valence-electron chi connectivity index (χ2n) is 4.78. The van der Waals surface area contributed by atoms with Crippen molar-refractivity contribution in [3.05, 3.63) is 41.5 Å². The minimum absolute atomic E-state index is 0.217. The van der Waals surface area contributed by atoms with Crippen LogP contribution < -0.4 is 0 Å². The van der Waals surface area contributed by atoms with Crippen molar-refractivity contribution in [1.82, 2.24) is 4.90 Å². The summed E-state index contributed by atoms with van der Waals surface area (Å²) in [6.07, 6.45) is 4.51. The average molecular weight is 284 g/mol. The summed E-state index contributed by atoms with van der Waals surface area (Å²) in [5.74, 6) is -0.592. The molecule has 108 valence electrons. The van der Waals surface area contributed by atoms with E-state index >= 15 is 0 Å². The number of likely N-dealkylation sites (tertiary alicyclic amines) is 1. The van der Waals surface area contributed by atoms with Crippen LogP contribution in [0.4, 0.5) is 0 Å². The summed E-state index contributed by atoms with van der Waals surface area (Å²) >= 11 is 0. The van der Waals surface area contributed by atoms with Gasteiger partial charge in [-0.25, -0.2) is 4.79 Å². The average Bonchev–Trinajstić information content (AvgIpc) is 3.01. The van der Waals surface area contributed by atoms with Gasteiger partial charge in [0, 0.05) is 12.6 Å². The molecule has 1 atom stereocenters. The number of nitriles is 1. The molecule has 0 N–H and O–H groups in total. The Balaban J connectivity index is 2.08. The van der Waals surface area contributed by atoms with Gasteiger partial charge in [-0.05, 0) is 36.6 Å². The van der Waals surface area contributed by atoms with Crippen LogP contribution in [0, 0.1) is 11.3 Å². The third-order valence-corrected chi connectivity index (χ3v) is 3.44. The minimum Gasteiger partial charge on any atom is -0.467 e. The first-order valence-corrected chi connectivity index (χ1v) is 6.72. The van der Waals surface area contributed by atoms with Crippen molar-refractivity contribution in [2.45, 2.75) is 18.9 Å². The number of benzene rings is 1. The first-order chi connectivity index (χ1) is 10.2. The van der Waals surface area contributed by atoms with Crippen LogP contribution in [0.2, 0.25) is 0 Å². The monoisotopic (exact) mass is 284 g/mol. The molecule has 1 aromatic carbocycles. The molecule has 0 spiro atoms. The van der Waals surface area contributed by atoms with Gasteiger partial charge < -0.3 is 9.64 Å². The lowest BCUT2D eigenvalue weighted by Gasteiger charge is -2.20. The second-order valence-corrected chi connectivity index (χ2v) is 4.78. The van der Waals surface area contributed by atoms with Crippen LogP contribution in [-0.4, -0.2) is 36.5 Å². The number of carbonyl (C=O) groups excluding carboxylic acids is 2. The van der Waals surface area contributed by atoms with Crippen LogP contribution >= 0.6 is 0 Å². The Kier molecular flexibility index (Phi) is 4.72. The maximum atomic E-state index is 12.2. The zero-order valence-corrected chi connectivity index (χ0v) is 11.8. The molecule has 0 bridgehead atoms. The van der Waals surface area contributed by atoms with Crippen molar-refractivity contribution in [1.29, 1.82) is 5.26 Å². The van der Waals surface area contributed by atoms with Gasteiger partial charge in [0.2, 0.25) is 5.91 Å². The second kappa shape index (κ2) is 6.71. The molecule has 1 fully saturated rings. The first-order valence-electron chi connectivity index (χ1n) is 6.72. The molecule has 0 saturated carbocycles. The van der Waals surface area contributed by atoms with E-state index in [0.717, 1.165) is 12.0 Å². The Labute approximate surface area is 123 Å². The molecule has 5 nitrogen and oxygen atoms in total. The van der Waals surface area contributed by atoms with Crippen molar-refractivity contribution in [3.63, 3.8) is 0 Å². The molecule has 1 heterocycles. The fraction of sp³-hybridized carbons (Fsp3) is 0.312. The van der Waals surface area contributed by atoms with Crippen molar-refractivity contribution in [2.75, 3.05) is 13.7 Å². The van der Waals surface area contributed by atoms with Gasteiger partial charge in [0.1, 0.15) is 6.04 Å². The van der Waals surface area contributed by atoms with Crippen LogP contribution in [0.1, 0.15) is 24.0 Å². The van der Waals surface area contributed by atoms with Gasteiger partial charge in [-0.3, -0.25) is 4.79 Å². The smallest absolute Gasteiger partial charge is 0.328 e. The molecular formula is C16H16N2O3. The fourth-order valence-electron chi connectivity index (χ4n) is 2.39. The van der Waals surface area contributed by atoms with E-state index in [1.54, 1.807) is 24.3 Å². The highest BCUT2D eigenvalue weighted by Gasteiger charge is 2.33. The van der Waals surface area contributed by atoms with Gasteiger partial charge >= 0.3 is 5.97 Å². The Morgan fingerprint density at radius 2 is 2.29 bits per heavy atom. The molecule has 2 rings (SSSR count). The highest BCUT2D eigenvalue weighted by Crippen LogP contribution is 2.19. The molecule has 1 aromatic rings. The van der Waals surface area contributed by atoms with E-state index in [9.17, 15) is 9.59 Å². The highest BCUT2D eigenvalue weighted by molar-refractivity contribution is 5.95. The molecule has 1 saturated heterocycles. The summed E-state index contributed by atoms with van der Waals surface area (Å²) in [6, 6.07) is 8.53. The van der Waals surface area contributed by atoms with E-state index in [-0.39, 0.29) is 11.9 Å². The summed E-state index contributed by atoms with van der Waals surface area (Å²) in [5.41, 5.74) is 1.31. The standard InChI is InChI=1S/C16H16N2O3/c1-21-16(20)14-6-3-9-18(14)15(19)8-7-12-4-2-5-13(10-12)11-17/h2,4-5,7-8,10,14H,3,6,9H2,1H3/b8-7+. The Bertz CT molecular complexity index is 616. The predicted molar refractivity (Wildman–Crippen MR) is 76.9 cm³/mol. The topological polar surface area (TPSA) is 70.4 Å². The lowest BCUT2D eigenvalue weighted by atomic mass is 10.1. The van der Waals surface area contributed by atoms with Crippen LogP contribution in [-0.2, 0) is 14.3 Å². The van der Waals surface area contributed by atoms with Gasteiger partial charge in [-0.2, -0.15) is 5.26 Å². The van der Waals surface area contributed by atoms with Crippen LogP contribution in [0.15, 0.2) is 30.3 Å². The Hall–Kier alpha value is -2.61. The number of esters is 1. The summed E-state index contributed by atoms with van der Waals surface area (Å²) in [5, 5.41) is 8.83. The maximum absolute atomic E-state index is 12.2. The van der Waals surface area contributed by atoms with Crippen LogP contribution in [0.3, 0.4) is 0 Å². The van der Waals surface area contributed by atoms with Crippen molar-refractivity contribution < 1.29 is 14.3 Å². The zero-order chi connectivity index (χ0) is 15.2. The van der Waals surface area contributed by atoms with E-state index in [4.69, 9.17) is 10.00 Å². The van der Waals surface area contributed by atoms with Gasteiger partial charge in [-0.1, -0.05) is 12.1 Å². The number of nitrogens with zero attached hydrogens (tertiary/aromatic N) is 2. The van der Waals surface area contributed by atoms with E-state index < -0.39 is 6.04 Å². The third kappa shape index (κ3) is 3.48. The molecule has 21 heavy (non-hydrogen) atoms. The first kappa shape index (κ1) is 14.8. The number of methoxy groups -OCH3 is 1. The van der Waals surface area contributed by atoms with E-state index in [1.165, 1.54) is 18.1 Å². The Morgan fingerprint density at radius 1 is 1.48 bits per heavy atom. The summed E-state index contributed by atoms with van der Waals surface area (Å²) in [7, 11) is 1.33. The molecule has 0 radical (unpaired) electrons. The van der Waals surface area contributed by atoms with Crippen LogP contribution in [0.25, 0.3) is 6.08 Å². The highest BCUT2D eigenvalue weighted by atomic mass is 16.5. The zero-order valence-electron chi connectivity index (χ0n) is 11.8. The quantitative estimate of drug-likeness (QED) is 0.626. The number of carbonyl (C=O) groups is 2. The number of hydrogen-bond acceptors (Lipinski definition) is 4. The van der Waals surface area contributed by atoms with Gasteiger partial charge in [-0.15, -0.1) is 0 Å². The normalized spacial score (nSPS) is 17.7. The Morgan fingerprint density at radius 3 is 3.00 bits per heavy atom. The van der Waals surface area contributed by atoms with E-state index in [1.807, 2.05) is 12.1 Å². The number of ether oxygens (including phenoxy) is 1. The van der Waals surface area contributed by atoms with E-state index in [0.29, 0.717) is 18.5 Å². The third-order valence-electron chi connectivity index (χ3n) is 3.44. The molecule has 1 unspecified atom stereocenters. The van der Waals surface area contributed by atoms with Crippen molar-refractivity contribution in [2.24, 2.45) is 0 Å². The van der Waals surface area contributed by atoms with Crippen molar-refractivity contribution in [3.8, 4) is 6.07 Å². The van der Waals surface area contributed by atoms with Gasteiger partial charge in [0.05, 0.1) is 18.7 Å². The summed E-state index contributed by atoms with van der Waals surface area (Å²) in [4.78, 5) is 25.3. The molecule has 1 aliphatic heterocycles. The van der Waals surface area contributed by atoms with E-state index in [2.05, 4.69) is 0 Å². The molecular weight excluding hydrogens is 268 g/mol. The lowest BCUT2D eigenvalue weighted by Crippen LogP contribution is -2.40. The number of hydrogen-bond donors (Lipinski definition) is 0. The maximum Gasteiger partial charge on any atom is 0.328 e. The number of amides is 1. The van der Waals surface area contributed by atoms with Gasteiger partial charge in [0.25, 0.3) is 0 Å². The van der Waals surface area contributed by atoms with Crippen LogP contribution in [0.5, 0.6) is 0 Å². The summed E-state index contributed by atoms with van der Waals surface area (Å²) < 4.78 is 4.71. The molecule has 0 aliphatic carbocycles. The molecule has 0 aromatic heterocycles. The predicted octanol–water partition coefficient (Wildman–Crippen LogP) is 1.74. The fourth-order valence-corrected chi connectivity index (χ4v) is 2.39. The number of rotatable bonds is 3. The molecule has 1 aliphatic rings. The molecule has 5 heteroatoms. The SMILES string of the molecule is COC(=O)C1CCCN1C(=O)/C=C/c1cccc(C#N)c1. The lowest BCUT2D eigenvalue weighted by molar-refractivity contribution is -0.149. The van der Waals surface area contributed by atoms with Gasteiger partial charge in [0.15, 0.2) is 0 Å². The summed E-state index contributed by atoms with van der Waals surface area (Å²) in [6.45, 7) is 0.557. The minimum atomic E-state index is -0.488. The molecule has 1 amide bonds. The largest absolute Gasteiger partial charge is 0.467 e.